The Labute approximate surface area is 164 Å². The molecule has 1 aliphatic heterocycles. The lowest BCUT2D eigenvalue weighted by molar-refractivity contribution is -0.0323. The van der Waals surface area contributed by atoms with Gasteiger partial charge in [0.15, 0.2) is 0 Å². The number of aryl methyl sites for hydroxylation is 1. The summed E-state index contributed by atoms with van der Waals surface area (Å²) in [6.45, 7) is 1.37. The van der Waals surface area contributed by atoms with E-state index >= 15 is 0 Å². The number of aromatic nitrogens is 5. The molecule has 2 aromatic heterocycles. The zero-order chi connectivity index (χ0) is 19.8. The number of aromatic amines is 1. The zero-order valence-electron chi connectivity index (χ0n) is 14.9. The molecule has 0 aliphatic carbocycles. The Morgan fingerprint density at radius 2 is 2.04 bits per heavy atom. The average Bonchev–Trinajstić information content (AvgIpc) is 3.32. The van der Waals surface area contributed by atoms with Crippen molar-refractivity contribution in [1.82, 2.24) is 24.5 Å². The molecule has 1 aliphatic rings. The highest BCUT2D eigenvalue weighted by atomic mass is 35.5. The predicted octanol–water partition coefficient (Wildman–Crippen LogP) is 1.28. The van der Waals surface area contributed by atoms with E-state index in [1.807, 2.05) is 12.1 Å². The zero-order valence-corrected chi connectivity index (χ0v) is 15.7. The van der Waals surface area contributed by atoms with E-state index in [1.165, 1.54) is 10.8 Å². The van der Waals surface area contributed by atoms with E-state index in [9.17, 15) is 14.7 Å². The van der Waals surface area contributed by atoms with Crippen molar-refractivity contribution in [2.45, 2.75) is 31.7 Å². The molecule has 146 valence electrons. The van der Waals surface area contributed by atoms with Crippen molar-refractivity contribution in [3.63, 3.8) is 0 Å². The fourth-order valence-corrected chi connectivity index (χ4v) is 3.45. The van der Waals surface area contributed by atoms with Gasteiger partial charge in [0.1, 0.15) is 18.0 Å². The van der Waals surface area contributed by atoms with Crippen LogP contribution in [0.5, 0.6) is 0 Å². The quantitative estimate of drug-likeness (QED) is 0.678. The Hall–Kier alpha value is -2.75. The van der Waals surface area contributed by atoms with Crippen LogP contribution in [-0.2, 0) is 4.74 Å². The van der Waals surface area contributed by atoms with E-state index in [0.29, 0.717) is 22.7 Å². The minimum Gasteiger partial charge on any atom is -0.394 e. The highest BCUT2D eigenvalue weighted by Gasteiger charge is 2.38. The maximum Gasteiger partial charge on any atom is 0.330 e. The number of halogens is 1. The molecule has 2 N–H and O–H groups in total. The first kappa shape index (κ1) is 18.6. The van der Waals surface area contributed by atoms with Crippen molar-refractivity contribution in [2.24, 2.45) is 0 Å². The molecule has 4 rings (SSSR count). The summed E-state index contributed by atoms with van der Waals surface area (Å²) in [4.78, 5) is 26.0. The van der Waals surface area contributed by atoms with E-state index < -0.39 is 23.6 Å². The Morgan fingerprint density at radius 1 is 1.29 bits per heavy atom. The second kappa shape index (κ2) is 7.34. The van der Waals surface area contributed by atoms with E-state index in [1.54, 1.807) is 29.9 Å². The second-order valence-electron chi connectivity index (χ2n) is 6.68. The highest BCUT2D eigenvalue weighted by Crippen LogP contribution is 2.36. The lowest BCUT2D eigenvalue weighted by Crippen LogP contribution is -2.33. The van der Waals surface area contributed by atoms with Crippen LogP contribution >= 0.6 is 11.6 Å². The summed E-state index contributed by atoms with van der Waals surface area (Å²) in [5.74, 6) is 0. The van der Waals surface area contributed by atoms with Crippen LogP contribution in [0.1, 0.15) is 24.3 Å². The third-order valence-corrected chi connectivity index (χ3v) is 5.08. The molecule has 28 heavy (non-hydrogen) atoms. The molecule has 0 spiro atoms. The molecule has 1 unspecified atom stereocenters. The van der Waals surface area contributed by atoms with Gasteiger partial charge in [-0.1, -0.05) is 28.9 Å². The van der Waals surface area contributed by atoms with Gasteiger partial charge in [0.05, 0.1) is 18.8 Å². The summed E-state index contributed by atoms with van der Waals surface area (Å²) in [5.41, 5.74) is 0.933. The molecule has 3 atom stereocenters. The van der Waals surface area contributed by atoms with Crippen molar-refractivity contribution in [3.8, 4) is 11.3 Å². The highest BCUT2D eigenvalue weighted by molar-refractivity contribution is 6.30. The predicted molar refractivity (Wildman–Crippen MR) is 101 cm³/mol. The summed E-state index contributed by atoms with van der Waals surface area (Å²) >= 11 is 5.92. The van der Waals surface area contributed by atoms with Crippen molar-refractivity contribution in [2.75, 3.05) is 6.61 Å². The molecule has 0 saturated carbocycles. The summed E-state index contributed by atoms with van der Waals surface area (Å²) in [6, 6.07) is 6.91. The maximum absolute atomic E-state index is 12.2. The van der Waals surface area contributed by atoms with Gasteiger partial charge < -0.3 is 9.84 Å². The molecule has 0 amide bonds. The second-order valence-corrected chi connectivity index (χ2v) is 7.12. The standard InChI is InChI=1S/C18H18ClN5O4/c1-10-7-23(18(27)20-17(10)26)16-6-14(15(9-25)28-16)24-8-13(21-22-24)11-2-4-12(19)5-3-11/h2-5,7-8,14-16,25H,6,9H2,1H3,(H,20,26,27)/t14-,15+,16?/m0/s1. The molecule has 9 nitrogen and oxygen atoms in total. The molecular weight excluding hydrogens is 386 g/mol. The Bertz CT molecular complexity index is 1100. The van der Waals surface area contributed by atoms with Crippen molar-refractivity contribution >= 4 is 11.6 Å². The van der Waals surface area contributed by atoms with Gasteiger partial charge in [-0.25, -0.2) is 9.48 Å². The molecule has 3 aromatic rings. The lowest BCUT2D eigenvalue weighted by atomic mass is 10.1. The number of benzene rings is 1. The Balaban J connectivity index is 1.62. The van der Waals surface area contributed by atoms with E-state index in [2.05, 4.69) is 15.3 Å². The first-order valence-corrected chi connectivity index (χ1v) is 9.10. The fourth-order valence-electron chi connectivity index (χ4n) is 3.32. The molecule has 0 bridgehead atoms. The van der Waals surface area contributed by atoms with Crippen LogP contribution in [0.15, 0.2) is 46.2 Å². The molecular formula is C18H18ClN5O4. The Morgan fingerprint density at radius 3 is 2.75 bits per heavy atom. The van der Waals surface area contributed by atoms with Crippen LogP contribution < -0.4 is 11.2 Å². The number of aliphatic hydroxyl groups excluding tert-OH is 1. The van der Waals surface area contributed by atoms with Crippen molar-refractivity contribution in [3.05, 3.63) is 68.1 Å². The van der Waals surface area contributed by atoms with E-state index in [4.69, 9.17) is 16.3 Å². The first-order chi connectivity index (χ1) is 13.5. The van der Waals surface area contributed by atoms with Crippen molar-refractivity contribution < 1.29 is 9.84 Å². The van der Waals surface area contributed by atoms with Crippen LogP contribution in [-0.4, -0.2) is 42.4 Å². The van der Waals surface area contributed by atoms with Gasteiger partial charge in [-0.3, -0.25) is 14.3 Å². The topological polar surface area (TPSA) is 115 Å². The van der Waals surface area contributed by atoms with Gasteiger partial charge in [0.2, 0.25) is 0 Å². The molecule has 0 radical (unpaired) electrons. The third-order valence-electron chi connectivity index (χ3n) is 4.83. The van der Waals surface area contributed by atoms with Crippen LogP contribution in [0.25, 0.3) is 11.3 Å². The third kappa shape index (κ3) is 3.39. The van der Waals surface area contributed by atoms with Gasteiger partial charge in [-0.15, -0.1) is 5.10 Å². The van der Waals surface area contributed by atoms with E-state index in [-0.39, 0.29) is 12.6 Å². The van der Waals surface area contributed by atoms with Gasteiger partial charge >= 0.3 is 5.69 Å². The fraction of sp³-hybridized carbons (Fsp3) is 0.333. The monoisotopic (exact) mass is 403 g/mol. The van der Waals surface area contributed by atoms with Crippen molar-refractivity contribution in [1.29, 1.82) is 0 Å². The molecule has 1 fully saturated rings. The van der Waals surface area contributed by atoms with E-state index in [0.717, 1.165) is 5.56 Å². The van der Waals surface area contributed by atoms with Crippen LogP contribution in [0.3, 0.4) is 0 Å². The van der Waals surface area contributed by atoms with Gasteiger partial charge in [-0.05, 0) is 19.1 Å². The molecule has 1 saturated heterocycles. The minimum atomic E-state index is -0.631. The SMILES string of the molecule is Cc1cn(C2C[C@H](n3cc(-c4ccc(Cl)cc4)nn3)[C@@H](CO)O2)c(=O)[nH]c1=O. The summed E-state index contributed by atoms with van der Waals surface area (Å²) in [6.07, 6.45) is 2.42. The normalized spacial score (nSPS) is 21.9. The minimum absolute atomic E-state index is 0.242. The van der Waals surface area contributed by atoms with Gasteiger partial charge in [0.25, 0.3) is 5.56 Å². The molecule has 3 heterocycles. The number of rotatable bonds is 4. The summed E-state index contributed by atoms with van der Waals surface area (Å²) in [5, 5.41) is 18.7. The first-order valence-electron chi connectivity index (χ1n) is 8.72. The molecule has 1 aromatic carbocycles. The number of nitrogens with zero attached hydrogens (tertiary/aromatic N) is 4. The van der Waals surface area contributed by atoms with Crippen LogP contribution in [0.2, 0.25) is 5.02 Å². The number of hydrogen-bond donors (Lipinski definition) is 2. The number of aliphatic hydroxyl groups is 1. The maximum atomic E-state index is 12.2. The average molecular weight is 404 g/mol. The lowest BCUT2D eigenvalue weighted by Gasteiger charge is -2.15. The largest absolute Gasteiger partial charge is 0.394 e. The number of ether oxygens (including phenoxy) is 1. The smallest absolute Gasteiger partial charge is 0.330 e. The summed E-state index contributed by atoms with van der Waals surface area (Å²) in [7, 11) is 0. The van der Waals surface area contributed by atoms with Gasteiger partial charge in [0, 0.05) is 28.8 Å². The number of nitrogens with one attached hydrogen (secondary N) is 1. The molecule has 10 heteroatoms. The summed E-state index contributed by atoms with van der Waals surface area (Å²) < 4.78 is 8.82. The number of H-pyrrole nitrogens is 1. The number of hydrogen-bond acceptors (Lipinski definition) is 6. The van der Waals surface area contributed by atoms with Crippen LogP contribution in [0.4, 0.5) is 0 Å². The van der Waals surface area contributed by atoms with Crippen LogP contribution in [0, 0.1) is 6.92 Å². The van der Waals surface area contributed by atoms with Gasteiger partial charge in [-0.2, -0.15) is 0 Å². The Kier molecular flexibility index (Phi) is 4.88.